The maximum absolute atomic E-state index is 12.8. The fourth-order valence-electron chi connectivity index (χ4n) is 2.91. The topological polar surface area (TPSA) is 78.3 Å². The van der Waals surface area contributed by atoms with Gasteiger partial charge in [0.15, 0.2) is 0 Å². The number of nitrogens with zero attached hydrogens (tertiary/aromatic N) is 3. The second kappa shape index (κ2) is 6.96. The average molecular weight is 342 g/mol. The fraction of sp³-hybridized carbons (Fsp3) is 0.389. The van der Waals surface area contributed by atoms with E-state index in [1.165, 1.54) is 6.33 Å². The Balaban J connectivity index is 2.15. The van der Waals surface area contributed by atoms with E-state index < -0.39 is 6.04 Å². The zero-order chi connectivity index (χ0) is 18.0. The number of carbonyl (C=O) groups is 1. The quantitative estimate of drug-likeness (QED) is 0.842. The first-order valence-corrected chi connectivity index (χ1v) is 8.33. The molecule has 7 heteroatoms. The van der Waals surface area contributed by atoms with Gasteiger partial charge in [0.05, 0.1) is 18.3 Å². The van der Waals surface area contributed by atoms with Gasteiger partial charge in [0.1, 0.15) is 18.1 Å². The largest absolute Gasteiger partial charge is 0.494 e. The summed E-state index contributed by atoms with van der Waals surface area (Å²) < 4.78 is 12.9. The highest BCUT2D eigenvalue weighted by molar-refractivity contribution is 5.92. The standard InChI is InChI=1S/C18H22N4O3/c1-5-24-14-9-7-6-8-13(14)16-15(17(23)25-11(2)3)12(4)21-18-19-10-20-22(16)18/h6-11,16H,5H2,1-4H3,(H,19,20,21)/t16-/m0/s1. The molecular weight excluding hydrogens is 320 g/mol. The number of hydrogen-bond acceptors (Lipinski definition) is 6. The van der Waals surface area contributed by atoms with Crippen LogP contribution in [0.2, 0.25) is 0 Å². The van der Waals surface area contributed by atoms with Crippen LogP contribution in [0.5, 0.6) is 5.75 Å². The second-order valence-corrected chi connectivity index (χ2v) is 6.02. The molecule has 0 saturated carbocycles. The Bertz CT molecular complexity index is 810. The molecule has 25 heavy (non-hydrogen) atoms. The molecule has 0 spiro atoms. The zero-order valence-electron chi connectivity index (χ0n) is 14.8. The third-order valence-electron chi connectivity index (χ3n) is 3.87. The fourth-order valence-corrected chi connectivity index (χ4v) is 2.91. The van der Waals surface area contributed by atoms with Crippen molar-refractivity contribution in [2.24, 2.45) is 0 Å². The first-order chi connectivity index (χ1) is 12.0. The van der Waals surface area contributed by atoms with Crippen LogP contribution in [0.1, 0.15) is 39.3 Å². The van der Waals surface area contributed by atoms with Crippen molar-refractivity contribution in [2.45, 2.75) is 39.8 Å². The lowest BCUT2D eigenvalue weighted by Crippen LogP contribution is -2.30. The SMILES string of the molecule is CCOc1ccccc1[C@H]1C(C(=O)OC(C)C)=C(C)Nc2ncnn21. The van der Waals surface area contributed by atoms with Crippen LogP contribution in [0.25, 0.3) is 0 Å². The van der Waals surface area contributed by atoms with Crippen LogP contribution < -0.4 is 10.1 Å². The Morgan fingerprint density at radius 2 is 2.12 bits per heavy atom. The normalized spacial score (nSPS) is 16.4. The van der Waals surface area contributed by atoms with E-state index in [1.54, 1.807) is 4.68 Å². The summed E-state index contributed by atoms with van der Waals surface area (Å²) in [5, 5.41) is 7.43. The molecule has 2 aromatic rings. The van der Waals surface area contributed by atoms with E-state index in [0.29, 0.717) is 29.6 Å². The van der Waals surface area contributed by atoms with Crippen LogP contribution in [0, 0.1) is 0 Å². The summed E-state index contributed by atoms with van der Waals surface area (Å²) in [6.45, 7) is 7.95. The van der Waals surface area contributed by atoms with Crippen molar-refractivity contribution >= 4 is 11.9 Å². The number of allylic oxidation sites excluding steroid dienone is 1. The predicted molar refractivity (Wildman–Crippen MR) is 93.3 cm³/mol. The lowest BCUT2D eigenvalue weighted by Gasteiger charge is -2.29. The molecule has 1 atom stereocenters. The molecule has 0 amide bonds. The number of para-hydroxylation sites is 1. The lowest BCUT2D eigenvalue weighted by atomic mass is 9.95. The molecule has 0 aliphatic carbocycles. The Kier molecular flexibility index (Phi) is 4.74. The molecule has 0 fully saturated rings. The molecule has 0 saturated heterocycles. The molecule has 1 aliphatic heterocycles. The molecule has 1 N–H and O–H groups in total. The molecule has 0 radical (unpaired) electrons. The van der Waals surface area contributed by atoms with E-state index in [4.69, 9.17) is 9.47 Å². The highest BCUT2D eigenvalue weighted by Crippen LogP contribution is 2.39. The minimum atomic E-state index is -0.465. The number of aromatic nitrogens is 3. The molecule has 7 nitrogen and oxygen atoms in total. The Labute approximate surface area is 146 Å². The number of carbonyl (C=O) groups excluding carboxylic acids is 1. The lowest BCUT2D eigenvalue weighted by molar-refractivity contribution is -0.143. The van der Waals surface area contributed by atoms with Crippen molar-refractivity contribution in [2.75, 3.05) is 11.9 Å². The van der Waals surface area contributed by atoms with Gasteiger partial charge in [-0.25, -0.2) is 9.48 Å². The maximum atomic E-state index is 12.8. The van der Waals surface area contributed by atoms with E-state index in [9.17, 15) is 4.79 Å². The van der Waals surface area contributed by atoms with Gasteiger partial charge in [-0.3, -0.25) is 0 Å². The number of ether oxygens (including phenoxy) is 2. The van der Waals surface area contributed by atoms with Crippen molar-refractivity contribution in [1.82, 2.24) is 14.8 Å². The van der Waals surface area contributed by atoms with Gasteiger partial charge in [0, 0.05) is 11.3 Å². The van der Waals surface area contributed by atoms with Crippen molar-refractivity contribution < 1.29 is 14.3 Å². The summed E-state index contributed by atoms with van der Waals surface area (Å²) in [5.74, 6) is 0.911. The van der Waals surface area contributed by atoms with E-state index >= 15 is 0 Å². The number of rotatable bonds is 5. The minimum absolute atomic E-state index is 0.215. The van der Waals surface area contributed by atoms with Gasteiger partial charge < -0.3 is 14.8 Å². The number of fused-ring (bicyclic) bond motifs is 1. The molecule has 0 bridgehead atoms. The average Bonchev–Trinajstić information content (AvgIpc) is 3.01. The van der Waals surface area contributed by atoms with Gasteiger partial charge in [0.25, 0.3) is 0 Å². The first-order valence-electron chi connectivity index (χ1n) is 8.33. The van der Waals surface area contributed by atoms with Gasteiger partial charge in [-0.2, -0.15) is 10.1 Å². The highest BCUT2D eigenvalue weighted by atomic mass is 16.5. The number of hydrogen-bond donors (Lipinski definition) is 1. The third-order valence-corrected chi connectivity index (χ3v) is 3.87. The third kappa shape index (κ3) is 3.22. The number of esters is 1. The smallest absolute Gasteiger partial charge is 0.338 e. The first kappa shape index (κ1) is 17.0. The molecule has 1 aromatic heterocycles. The van der Waals surface area contributed by atoms with Crippen molar-refractivity contribution in [1.29, 1.82) is 0 Å². The Hall–Kier alpha value is -2.83. The minimum Gasteiger partial charge on any atom is -0.494 e. The molecule has 3 rings (SSSR count). The molecule has 0 unspecified atom stereocenters. The molecular formula is C18H22N4O3. The molecule has 2 heterocycles. The van der Waals surface area contributed by atoms with Gasteiger partial charge in [0.2, 0.25) is 5.95 Å². The van der Waals surface area contributed by atoms with Gasteiger partial charge >= 0.3 is 5.97 Å². The predicted octanol–water partition coefficient (Wildman–Crippen LogP) is 2.92. The van der Waals surface area contributed by atoms with E-state index in [-0.39, 0.29) is 12.1 Å². The van der Waals surface area contributed by atoms with Crippen LogP contribution in [-0.4, -0.2) is 33.4 Å². The number of benzene rings is 1. The number of nitrogens with one attached hydrogen (secondary N) is 1. The summed E-state index contributed by atoms with van der Waals surface area (Å²) >= 11 is 0. The summed E-state index contributed by atoms with van der Waals surface area (Å²) in [7, 11) is 0. The zero-order valence-corrected chi connectivity index (χ0v) is 14.8. The number of anilines is 1. The molecule has 1 aliphatic rings. The van der Waals surface area contributed by atoms with E-state index in [1.807, 2.05) is 52.0 Å². The van der Waals surface area contributed by atoms with Crippen molar-refractivity contribution in [3.05, 3.63) is 47.4 Å². The van der Waals surface area contributed by atoms with Crippen molar-refractivity contribution in [3.8, 4) is 5.75 Å². The molecule has 1 aromatic carbocycles. The van der Waals surface area contributed by atoms with Gasteiger partial charge in [-0.05, 0) is 33.8 Å². The van der Waals surface area contributed by atoms with Crippen LogP contribution in [0.15, 0.2) is 41.9 Å². The summed E-state index contributed by atoms with van der Waals surface area (Å²) in [6, 6.07) is 7.17. The van der Waals surface area contributed by atoms with Crippen LogP contribution in [0.3, 0.4) is 0 Å². The van der Waals surface area contributed by atoms with Gasteiger partial charge in [-0.1, -0.05) is 18.2 Å². The second-order valence-electron chi connectivity index (χ2n) is 6.02. The van der Waals surface area contributed by atoms with Gasteiger partial charge in [-0.15, -0.1) is 0 Å². The Morgan fingerprint density at radius 1 is 1.36 bits per heavy atom. The van der Waals surface area contributed by atoms with Crippen LogP contribution in [-0.2, 0) is 9.53 Å². The maximum Gasteiger partial charge on any atom is 0.338 e. The van der Waals surface area contributed by atoms with E-state index in [0.717, 1.165) is 5.56 Å². The van der Waals surface area contributed by atoms with Crippen LogP contribution in [0.4, 0.5) is 5.95 Å². The van der Waals surface area contributed by atoms with E-state index in [2.05, 4.69) is 15.4 Å². The molecule has 132 valence electrons. The van der Waals surface area contributed by atoms with Crippen LogP contribution >= 0.6 is 0 Å². The Morgan fingerprint density at radius 3 is 2.84 bits per heavy atom. The van der Waals surface area contributed by atoms with Crippen molar-refractivity contribution in [3.63, 3.8) is 0 Å². The summed E-state index contributed by atoms with van der Waals surface area (Å²) in [6.07, 6.45) is 1.25. The summed E-state index contributed by atoms with van der Waals surface area (Å²) in [4.78, 5) is 17.0. The highest BCUT2D eigenvalue weighted by Gasteiger charge is 2.36. The summed E-state index contributed by atoms with van der Waals surface area (Å²) in [5.41, 5.74) is 2.04. The monoisotopic (exact) mass is 342 g/mol.